The van der Waals surface area contributed by atoms with Crippen molar-refractivity contribution in [2.45, 2.75) is 181 Å². The predicted molar refractivity (Wildman–Crippen MR) is 291 cm³/mol. The molecule has 0 spiro atoms. The second-order valence-electron chi connectivity index (χ2n) is 26.6. The van der Waals surface area contributed by atoms with Crippen LogP contribution in [0.2, 0.25) is 0 Å². The summed E-state index contributed by atoms with van der Waals surface area (Å²) in [6, 6.07) is 37.2. The Morgan fingerprint density at radius 3 is 1.42 bits per heavy atom. The first-order valence-electron chi connectivity index (χ1n) is 26.8. The molecule has 6 aromatic rings. The fourth-order valence-corrected chi connectivity index (χ4v) is 14.4. The molecule has 11 rings (SSSR count). The summed E-state index contributed by atoms with van der Waals surface area (Å²) in [7, 11) is 0. The monoisotopic (exact) mass is 886 g/mol. The average Bonchev–Trinajstić information content (AvgIpc) is 3.56. The van der Waals surface area contributed by atoms with E-state index >= 15 is 0 Å². The zero-order valence-electron chi connectivity index (χ0n) is 46.5. The number of benzene rings is 6. The minimum absolute atomic E-state index is 0.0257. The highest BCUT2D eigenvalue weighted by Crippen LogP contribution is 2.57. The molecule has 0 saturated carbocycles. The highest BCUT2D eigenvalue weighted by atomic mass is 15.2. The minimum atomic E-state index is -2.37. The van der Waals surface area contributed by atoms with E-state index in [9.17, 15) is 4.11 Å². The van der Waals surface area contributed by atoms with Crippen LogP contribution in [0, 0.1) is 13.8 Å². The van der Waals surface area contributed by atoms with Crippen molar-refractivity contribution in [1.82, 2.24) is 0 Å². The van der Waals surface area contributed by atoms with Crippen LogP contribution in [0.1, 0.15) is 184 Å². The van der Waals surface area contributed by atoms with Crippen molar-refractivity contribution in [3.63, 3.8) is 0 Å². The first-order chi connectivity index (χ1) is 32.3. The van der Waals surface area contributed by atoms with Gasteiger partial charge in [0.1, 0.15) is 0 Å². The Morgan fingerprint density at radius 1 is 0.478 bits per heavy atom. The maximum absolute atomic E-state index is 9.29. The zero-order valence-corrected chi connectivity index (χ0v) is 43.5. The van der Waals surface area contributed by atoms with Gasteiger partial charge in [0.2, 0.25) is 0 Å². The first kappa shape index (κ1) is 41.0. The summed E-state index contributed by atoms with van der Waals surface area (Å²) in [4.78, 5) is 5.02. The fourth-order valence-electron chi connectivity index (χ4n) is 14.4. The standard InChI is InChI=1S/C64H75BN2/c1-38-27-55-57-56(28-38)67(52-33-46-43(29-39(52)2)59(6,7)25-26-60(46,8)9)54-35-48-45(62(12,13)37-64(48,16)17)32-50(54)65(57)49-31-44-47(63(14,15)36-61(44,10)11)34-53(49)66(55)51-24-23-41(58(3,4)5)30-42(51)40-21-19-18-20-22-40/h18-24,27-35H,25-26,36-37H2,1-17H3/i1D3. The lowest BCUT2D eigenvalue weighted by molar-refractivity contribution is 0.332. The summed E-state index contributed by atoms with van der Waals surface area (Å²) >= 11 is 0. The number of hydrogen-bond acceptors (Lipinski definition) is 2. The number of hydrogen-bond donors (Lipinski definition) is 0. The van der Waals surface area contributed by atoms with E-state index in [2.05, 4.69) is 212 Å². The summed E-state index contributed by atoms with van der Waals surface area (Å²) in [5.74, 6) is 0. The Bertz CT molecular complexity index is 3210. The molecule has 0 unspecified atom stereocenters. The van der Waals surface area contributed by atoms with Crippen molar-refractivity contribution in [2.24, 2.45) is 0 Å². The van der Waals surface area contributed by atoms with Gasteiger partial charge in [-0.1, -0.05) is 158 Å². The molecule has 0 saturated heterocycles. The smallest absolute Gasteiger partial charge is 0.252 e. The topological polar surface area (TPSA) is 6.48 Å². The van der Waals surface area contributed by atoms with E-state index < -0.39 is 6.85 Å². The van der Waals surface area contributed by atoms with Gasteiger partial charge >= 0.3 is 0 Å². The van der Waals surface area contributed by atoms with Crippen molar-refractivity contribution < 1.29 is 4.11 Å². The molecule has 0 fully saturated rings. The van der Waals surface area contributed by atoms with E-state index in [1.54, 1.807) is 0 Å². The number of aryl methyl sites for hydroxylation is 2. The van der Waals surface area contributed by atoms with Crippen LogP contribution in [0.4, 0.5) is 34.1 Å². The van der Waals surface area contributed by atoms with Crippen LogP contribution in [0.25, 0.3) is 11.1 Å². The average molecular weight is 886 g/mol. The SMILES string of the molecule is [2H]C([2H])([2H])c1cc2c3c(c1)N(c1ccc(C(C)(C)C)cc1-c1ccccc1)c1cc4c(cc1B3c1cc3c(cc1N2c1cc2c(cc1C)C(C)(C)CCC2(C)C)C(C)(C)CC3(C)C)C(C)(C)CC4(C)C. The lowest BCUT2D eigenvalue weighted by Gasteiger charge is -2.47. The van der Waals surface area contributed by atoms with Crippen LogP contribution < -0.4 is 26.2 Å². The van der Waals surface area contributed by atoms with E-state index in [-0.39, 0.29) is 44.6 Å². The zero-order chi connectivity index (χ0) is 50.4. The normalized spacial score (nSPS) is 21.3. The summed E-state index contributed by atoms with van der Waals surface area (Å²) in [5.41, 5.74) is 23.5. The molecule has 0 N–H and O–H groups in total. The van der Waals surface area contributed by atoms with Gasteiger partial charge in [-0.25, -0.2) is 0 Å². The highest BCUT2D eigenvalue weighted by molar-refractivity contribution is 7.00. The first-order valence-corrected chi connectivity index (χ1v) is 25.3. The largest absolute Gasteiger partial charge is 0.311 e. The number of anilines is 6. The second kappa shape index (κ2) is 13.8. The van der Waals surface area contributed by atoms with Gasteiger partial charge in [-0.3, -0.25) is 0 Å². The molecule has 2 heterocycles. The third kappa shape index (κ3) is 6.48. The third-order valence-corrected chi connectivity index (χ3v) is 17.6. The van der Waals surface area contributed by atoms with Gasteiger partial charge in [-0.2, -0.15) is 0 Å². The maximum Gasteiger partial charge on any atom is 0.252 e. The van der Waals surface area contributed by atoms with E-state index in [4.69, 9.17) is 0 Å². The van der Waals surface area contributed by atoms with E-state index in [1.807, 2.05) is 6.07 Å². The Kier molecular flexibility index (Phi) is 8.46. The van der Waals surface area contributed by atoms with E-state index in [1.165, 1.54) is 66.6 Å². The molecule has 0 atom stereocenters. The summed E-state index contributed by atoms with van der Waals surface area (Å²) < 4.78 is 27.9. The quantitative estimate of drug-likeness (QED) is 0.163. The van der Waals surface area contributed by atoms with Crippen molar-refractivity contribution in [1.29, 1.82) is 0 Å². The Morgan fingerprint density at radius 2 is 0.925 bits per heavy atom. The lowest BCUT2D eigenvalue weighted by atomic mass is 9.33. The molecule has 0 radical (unpaired) electrons. The van der Waals surface area contributed by atoms with Crippen molar-refractivity contribution in [3.8, 4) is 11.1 Å². The Balaban J connectivity index is 1.33. The highest BCUT2D eigenvalue weighted by Gasteiger charge is 2.51. The van der Waals surface area contributed by atoms with Gasteiger partial charge in [0.25, 0.3) is 6.71 Å². The molecule has 6 aromatic carbocycles. The number of rotatable bonds is 3. The number of nitrogens with zero attached hydrogens (tertiary/aromatic N) is 2. The van der Waals surface area contributed by atoms with Crippen molar-refractivity contribution >= 4 is 57.2 Å². The molecule has 2 nitrogen and oxygen atoms in total. The van der Waals surface area contributed by atoms with Gasteiger partial charge in [0, 0.05) is 38.1 Å². The van der Waals surface area contributed by atoms with Crippen LogP contribution in [0.3, 0.4) is 0 Å². The molecule has 0 amide bonds. The van der Waals surface area contributed by atoms with E-state index in [0.29, 0.717) is 5.56 Å². The molecular formula is C64H75BN2. The fraction of sp³-hybridized carbons (Fsp3) is 0.438. The maximum atomic E-state index is 9.29. The van der Waals surface area contributed by atoms with Gasteiger partial charge < -0.3 is 9.80 Å². The molecule has 5 aliphatic rings. The summed E-state index contributed by atoms with van der Waals surface area (Å²) in [5, 5.41) is 0. The summed E-state index contributed by atoms with van der Waals surface area (Å²) in [6.07, 6.45) is 4.35. The molecule has 344 valence electrons. The van der Waals surface area contributed by atoms with Crippen molar-refractivity contribution in [2.75, 3.05) is 9.80 Å². The van der Waals surface area contributed by atoms with Crippen LogP contribution in [0.15, 0.2) is 97.1 Å². The molecule has 3 aliphatic carbocycles. The molecule has 2 aliphatic heterocycles. The van der Waals surface area contributed by atoms with Gasteiger partial charge in [0.15, 0.2) is 0 Å². The van der Waals surface area contributed by atoms with Crippen LogP contribution >= 0.6 is 0 Å². The molecule has 3 heteroatoms. The van der Waals surface area contributed by atoms with Crippen LogP contribution in [0.5, 0.6) is 0 Å². The Labute approximate surface area is 408 Å². The predicted octanol–water partition coefficient (Wildman–Crippen LogP) is 15.6. The van der Waals surface area contributed by atoms with E-state index in [0.717, 1.165) is 65.2 Å². The lowest BCUT2D eigenvalue weighted by Crippen LogP contribution is -2.62. The summed E-state index contributed by atoms with van der Waals surface area (Å²) in [6.45, 7) is 35.7. The molecule has 0 aromatic heterocycles. The molecule has 0 bridgehead atoms. The molecular weight excluding hydrogens is 808 g/mol. The van der Waals surface area contributed by atoms with Crippen LogP contribution in [-0.2, 0) is 37.9 Å². The van der Waals surface area contributed by atoms with Crippen molar-refractivity contribution in [3.05, 3.63) is 147 Å². The second-order valence-corrected chi connectivity index (χ2v) is 26.6. The van der Waals surface area contributed by atoms with Gasteiger partial charge in [-0.05, 0) is 192 Å². The molecule has 67 heavy (non-hydrogen) atoms. The van der Waals surface area contributed by atoms with Gasteiger partial charge in [-0.15, -0.1) is 0 Å². The number of fused-ring (bicyclic) bond motifs is 7. The minimum Gasteiger partial charge on any atom is -0.311 e. The Hall–Kier alpha value is -5.02. The van der Waals surface area contributed by atoms with Gasteiger partial charge in [0.05, 0.1) is 5.69 Å². The van der Waals surface area contributed by atoms with Crippen LogP contribution in [-0.4, -0.2) is 6.71 Å². The third-order valence-electron chi connectivity index (χ3n) is 17.6.